The molecule has 4 nitrogen and oxygen atoms in total. The molecule has 0 aliphatic heterocycles. The molecule has 1 aliphatic rings. The van der Waals surface area contributed by atoms with E-state index in [1.54, 1.807) is 12.5 Å². The van der Waals surface area contributed by atoms with Crippen LogP contribution in [0.3, 0.4) is 0 Å². The Bertz CT molecular complexity index is 636. The highest BCUT2D eigenvalue weighted by atomic mass is 16.1. The van der Waals surface area contributed by atoms with Crippen LogP contribution in [0.25, 0.3) is 0 Å². The predicted octanol–water partition coefficient (Wildman–Crippen LogP) is 3.27. The number of aromatic nitrogens is 2. The Morgan fingerprint density at radius 1 is 1.45 bits per heavy atom. The van der Waals surface area contributed by atoms with Gasteiger partial charge in [-0.25, -0.2) is 4.98 Å². The smallest absolute Gasteiger partial charge is 0.222 e. The highest BCUT2D eigenvalue weighted by Gasteiger charge is 2.27. The molecular formula is C18H23N3O. The standard InChI is InChI=1S/C18H23N3O/c1-13-7-8-15-5-3-4-6-16(15)18(13)20-17(22)11-14(2)21-10-9-19-12-21/h3-6,9-10,12-14,18H,7-8,11H2,1-2H3,(H,20,22). The van der Waals surface area contributed by atoms with Crippen molar-refractivity contribution in [3.63, 3.8) is 0 Å². The quantitative estimate of drug-likeness (QED) is 0.941. The molecule has 1 aromatic heterocycles. The fourth-order valence-corrected chi connectivity index (χ4v) is 3.28. The first-order valence-corrected chi connectivity index (χ1v) is 7.99. The second-order valence-corrected chi connectivity index (χ2v) is 6.32. The van der Waals surface area contributed by atoms with Crippen molar-refractivity contribution in [2.45, 2.75) is 45.2 Å². The number of aryl methyl sites for hydroxylation is 1. The van der Waals surface area contributed by atoms with Crippen molar-refractivity contribution >= 4 is 5.91 Å². The average molecular weight is 297 g/mol. The average Bonchev–Trinajstić information content (AvgIpc) is 3.04. The van der Waals surface area contributed by atoms with E-state index >= 15 is 0 Å². The zero-order valence-electron chi connectivity index (χ0n) is 13.2. The number of rotatable bonds is 4. The van der Waals surface area contributed by atoms with Crippen LogP contribution in [-0.4, -0.2) is 15.5 Å². The molecule has 0 fully saturated rings. The van der Waals surface area contributed by atoms with Gasteiger partial charge in [-0.1, -0.05) is 31.2 Å². The molecule has 0 saturated heterocycles. The third-order valence-electron chi connectivity index (χ3n) is 4.66. The lowest BCUT2D eigenvalue weighted by Crippen LogP contribution is -2.36. The number of hydrogen-bond donors (Lipinski definition) is 1. The van der Waals surface area contributed by atoms with Crippen LogP contribution < -0.4 is 5.32 Å². The highest BCUT2D eigenvalue weighted by molar-refractivity contribution is 5.77. The van der Waals surface area contributed by atoms with Gasteiger partial charge in [-0.3, -0.25) is 4.79 Å². The van der Waals surface area contributed by atoms with Crippen LogP contribution in [0.4, 0.5) is 0 Å². The molecule has 116 valence electrons. The molecule has 1 aliphatic carbocycles. The van der Waals surface area contributed by atoms with Crippen LogP contribution in [0, 0.1) is 5.92 Å². The largest absolute Gasteiger partial charge is 0.349 e. The number of nitrogens with zero attached hydrogens (tertiary/aromatic N) is 2. The molecule has 1 N–H and O–H groups in total. The predicted molar refractivity (Wildman–Crippen MR) is 86.4 cm³/mol. The maximum Gasteiger partial charge on any atom is 0.222 e. The van der Waals surface area contributed by atoms with Gasteiger partial charge < -0.3 is 9.88 Å². The Kier molecular flexibility index (Phi) is 4.27. The Morgan fingerprint density at radius 2 is 2.27 bits per heavy atom. The van der Waals surface area contributed by atoms with Gasteiger partial charge in [-0.05, 0) is 36.8 Å². The number of carbonyl (C=O) groups excluding carboxylic acids is 1. The molecule has 0 bridgehead atoms. The summed E-state index contributed by atoms with van der Waals surface area (Å²) in [5, 5.41) is 3.24. The second kappa shape index (κ2) is 6.34. The Hall–Kier alpha value is -2.10. The van der Waals surface area contributed by atoms with Gasteiger partial charge in [-0.2, -0.15) is 0 Å². The summed E-state index contributed by atoms with van der Waals surface area (Å²) in [5.74, 6) is 0.581. The molecule has 2 aromatic rings. The monoisotopic (exact) mass is 297 g/mol. The van der Waals surface area contributed by atoms with E-state index in [2.05, 4.69) is 41.5 Å². The van der Waals surface area contributed by atoms with E-state index < -0.39 is 0 Å². The van der Waals surface area contributed by atoms with Gasteiger partial charge in [0.1, 0.15) is 0 Å². The maximum atomic E-state index is 12.4. The molecule has 3 unspecified atom stereocenters. The minimum Gasteiger partial charge on any atom is -0.349 e. The lowest BCUT2D eigenvalue weighted by atomic mass is 9.80. The lowest BCUT2D eigenvalue weighted by molar-refractivity contribution is -0.123. The van der Waals surface area contributed by atoms with E-state index in [4.69, 9.17) is 0 Å². The summed E-state index contributed by atoms with van der Waals surface area (Å²) in [5.41, 5.74) is 2.65. The number of imidazole rings is 1. The SMILES string of the molecule is CC1CCc2ccccc2C1NC(=O)CC(C)n1ccnc1. The number of carbonyl (C=O) groups is 1. The summed E-state index contributed by atoms with van der Waals surface area (Å²) in [7, 11) is 0. The highest BCUT2D eigenvalue weighted by Crippen LogP contribution is 2.34. The van der Waals surface area contributed by atoms with E-state index in [-0.39, 0.29) is 18.0 Å². The van der Waals surface area contributed by atoms with E-state index in [9.17, 15) is 4.79 Å². The van der Waals surface area contributed by atoms with Crippen molar-refractivity contribution in [3.05, 3.63) is 54.1 Å². The van der Waals surface area contributed by atoms with Crippen LogP contribution in [-0.2, 0) is 11.2 Å². The zero-order valence-corrected chi connectivity index (χ0v) is 13.2. The molecule has 22 heavy (non-hydrogen) atoms. The zero-order chi connectivity index (χ0) is 15.5. The summed E-state index contributed by atoms with van der Waals surface area (Å²) in [6.45, 7) is 4.26. The molecule has 1 aromatic carbocycles. The molecule has 4 heteroatoms. The molecule has 0 spiro atoms. The van der Waals surface area contributed by atoms with Crippen molar-refractivity contribution in [1.82, 2.24) is 14.9 Å². The van der Waals surface area contributed by atoms with Gasteiger partial charge in [-0.15, -0.1) is 0 Å². The minimum absolute atomic E-state index is 0.106. The first kappa shape index (κ1) is 14.8. The third-order valence-corrected chi connectivity index (χ3v) is 4.66. The molecule has 0 radical (unpaired) electrons. The Morgan fingerprint density at radius 3 is 3.05 bits per heavy atom. The van der Waals surface area contributed by atoms with Crippen LogP contribution in [0.15, 0.2) is 43.0 Å². The normalized spacial score (nSPS) is 21.9. The van der Waals surface area contributed by atoms with Crippen molar-refractivity contribution in [2.24, 2.45) is 5.92 Å². The molecule has 3 rings (SSSR count). The van der Waals surface area contributed by atoms with E-state index in [0.29, 0.717) is 12.3 Å². The van der Waals surface area contributed by atoms with Gasteiger partial charge in [0.2, 0.25) is 5.91 Å². The maximum absolute atomic E-state index is 12.4. The van der Waals surface area contributed by atoms with E-state index in [1.165, 1.54) is 11.1 Å². The first-order valence-electron chi connectivity index (χ1n) is 7.99. The number of benzene rings is 1. The molecule has 3 atom stereocenters. The Labute approximate surface area is 131 Å². The number of nitrogens with one attached hydrogen (secondary N) is 1. The van der Waals surface area contributed by atoms with Crippen molar-refractivity contribution in [2.75, 3.05) is 0 Å². The van der Waals surface area contributed by atoms with Gasteiger partial charge in [0.25, 0.3) is 0 Å². The molecular weight excluding hydrogens is 274 g/mol. The van der Waals surface area contributed by atoms with Gasteiger partial charge in [0.15, 0.2) is 0 Å². The summed E-state index contributed by atoms with van der Waals surface area (Å²) in [4.78, 5) is 16.5. The van der Waals surface area contributed by atoms with Crippen LogP contribution in [0.5, 0.6) is 0 Å². The van der Waals surface area contributed by atoms with Crippen molar-refractivity contribution in [3.8, 4) is 0 Å². The van der Waals surface area contributed by atoms with E-state index in [0.717, 1.165) is 12.8 Å². The van der Waals surface area contributed by atoms with Crippen LogP contribution in [0.1, 0.15) is 49.9 Å². The second-order valence-electron chi connectivity index (χ2n) is 6.32. The van der Waals surface area contributed by atoms with Gasteiger partial charge in [0.05, 0.1) is 12.4 Å². The van der Waals surface area contributed by atoms with Gasteiger partial charge in [0, 0.05) is 24.9 Å². The number of hydrogen-bond acceptors (Lipinski definition) is 2. The van der Waals surface area contributed by atoms with Crippen LogP contribution >= 0.6 is 0 Å². The fraction of sp³-hybridized carbons (Fsp3) is 0.444. The summed E-state index contributed by atoms with van der Waals surface area (Å²) >= 11 is 0. The molecule has 1 amide bonds. The van der Waals surface area contributed by atoms with Crippen LogP contribution in [0.2, 0.25) is 0 Å². The summed E-state index contributed by atoms with van der Waals surface area (Å²) in [6.07, 6.45) is 8.11. The fourth-order valence-electron chi connectivity index (χ4n) is 3.28. The third kappa shape index (κ3) is 3.06. The topological polar surface area (TPSA) is 46.9 Å². The minimum atomic E-state index is 0.106. The number of amides is 1. The number of fused-ring (bicyclic) bond motifs is 1. The molecule has 1 heterocycles. The summed E-state index contributed by atoms with van der Waals surface area (Å²) < 4.78 is 1.97. The first-order chi connectivity index (χ1) is 10.6. The summed E-state index contributed by atoms with van der Waals surface area (Å²) in [6, 6.07) is 8.71. The van der Waals surface area contributed by atoms with Gasteiger partial charge >= 0.3 is 0 Å². The van der Waals surface area contributed by atoms with E-state index in [1.807, 2.05) is 17.7 Å². The Balaban J connectivity index is 1.68. The lowest BCUT2D eigenvalue weighted by Gasteiger charge is -2.32. The van der Waals surface area contributed by atoms with Crippen molar-refractivity contribution < 1.29 is 4.79 Å². The molecule has 0 saturated carbocycles. The van der Waals surface area contributed by atoms with Crippen molar-refractivity contribution in [1.29, 1.82) is 0 Å².